The number of thiocarbonyl (C=S) groups is 1. The van der Waals surface area contributed by atoms with Crippen LogP contribution in [0.4, 0.5) is 11.4 Å². The maximum absolute atomic E-state index is 12.2. The van der Waals surface area contributed by atoms with E-state index in [0.29, 0.717) is 17.1 Å². The van der Waals surface area contributed by atoms with Gasteiger partial charge in [-0.1, -0.05) is 6.07 Å². The first kappa shape index (κ1) is 16.7. The number of nitro groups is 1. The van der Waals surface area contributed by atoms with Gasteiger partial charge in [-0.15, -0.1) is 0 Å². The van der Waals surface area contributed by atoms with E-state index in [1.54, 1.807) is 25.1 Å². The summed E-state index contributed by atoms with van der Waals surface area (Å²) in [6, 6.07) is 9.39. The van der Waals surface area contributed by atoms with Gasteiger partial charge in [-0.25, -0.2) is 0 Å². The molecule has 0 bridgehead atoms. The second-order valence-electron chi connectivity index (χ2n) is 5.25. The van der Waals surface area contributed by atoms with Gasteiger partial charge in [-0.3, -0.25) is 20.2 Å². The van der Waals surface area contributed by atoms with E-state index >= 15 is 0 Å². The van der Waals surface area contributed by atoms with Crippen molar-refractivity contribution in [3.63, 3.8) is 0 Å². The third kappa shape index (κ3) is 3.66. The number of hydrogen-bond donors (Lipinski definition) is 2. The van der Waals surface area contributed by atoms with Gasteiger partial charge in [0.15, 0.2) is 16.6 Å². The van der Waals surface area contributed by atoms with Crippen LogP contribution in [0.1, 0.15) is 15.9 Å². The Balaban J connectivity index is 1.71. The standard InChI is InChI=1S/C16H13N3O5S/c1-9-2-4-11(12(6-9)19(21)22)17-16(25)18-15(20)10-3-5-13-14(7-10)24-8-23-13/h2-7H,8H2,1H3,(H2,17,18,20,25). The Morgan fingerprint density at radius 2 is 1.96 bits per heavy atom. The predicted octanol–water partition coefficient (Wildman–Crippen LogP) is 2.76. The molecule has 9 heteroatoms. The highest BCUT2D eigenvalue weighted by molar-refractivity contribution is 7.80. The maximum Gasteiger partial charge on any atom is 0.292 e. The Hall–Kier alpha value is -3.20. The van der Waals surface area contributed by atoms with Crippen LogP contribution in [0.5, 0.6) is 11.5 Å². The zero-order chi connectivity index (χ0) is 18.0. The fourth-order valence-electron chi connectivity index (χ4n) is 2.27. The molecule has 25 heavy (non-hydrogen) atoms. The van der Waals surface area contributed by atoms with Crippen molar-refractivity contribution in [2.45, 2.75) is 6.92 Å². The summed E-state index contributed by atoms with van der Waals surface area (Å²) in [5.74, 6) is 0.568. The number of amides is 1. The van der Waals surface area contributed by atoms with Crippen molar-refractivity contribution < 1.29 is 19.2 Å². The lowest BCUT2D eigenvalue weighted by atomic mass is 10.2. The van der Waals surface area contributed by atoms with E-state index in [4.69, 9.17) is 21.7 Å². The van der Waals surface area contributed by atoms with Crippen LogP contribution in [0.25, 0.3) is 0 Å². The van der Waals surface area contributed by atoms with Crippen molar-refractivity contribution in [2.75, 3.05) is 12.1 Å². The minimum atomic E-state index is -0.516. The van der Waals surface area contributed by atoms with Gasteiger partial charge in [0.05, 0.1) is 4.92 Å². The third-order valence-corrected chi connectivity index (χ3v) is 3.66. The number of aryl methyl sites for hydroxylation is 1. The van der Waals surface area contributed by atoms with Gasteiger partial charge in [0.2, 0.25) is 6.79 Å². The molecule has 0 atom stereocenters. The molecule has 1 heterocycles. The zero-order valence-electron chi connectivity index (χ0n) is 13.1. The average molecular weight is 359 g/mol. The number of anilines is 1. The van der Waals surface area contributed by atoms with E-state index < -0.39 is 10.8 Å². The van der Waals surface area contributed by atoms with Gasteiger partial charge in [-0.05, 0) is 49.0 Å². The number of benzene rings is 2. The van der Waals surface area contributed by atoms with Crippen LogP contribution in [-0.2, 0) is 0 Å². The number of nitro benzene ring substituents is 1. The Labute approximate surface area is 147 Å². The van der Waals surface area contributed by atoms with Crippen molar-refractivity contribution in [2.24, 2.45) is 0 Å². The molecule has 0 saturated carbocycles. The smallest absolute Gasteiger partial charge is 0.292 e. The molecule has 2 aromatic carbocycles. The van der Waals surface area contributed by atoms with Crippen LogP contribution in [0, 0.1) is 17.0 Å². The largest absolute Gasteiger partial charge is 0.454 e. The lowest BCUT2D eigenvalue weighted by Crippen LogP contribution is -2.34. The van der Waals surface area contributed by atoms with Crippen molar-refractivity contribution in [1.82, 2.24) is 5.32 Å². The quantitative estimate of drug-likeness (QED) is 0.493. The summed E-state index contributed by atoms with van der Waals surface area (Å²) in [5, 5.41) is 16.2. The summed E-state index contributed by atoms with van der Waals surface area (Å²) in [6.45, 7) is 1.86. The molecule has 2 N–H and O–H groups in total. The van der Waals surface area contributed by atoms with Crippen LogP contribution in [0.3, 0.4) is 0 Å². The zero-order valence-corrected chi connectivity index (χ0v) is 13.9. The summed E-state index contributed by atoms with van der Waals surface area (Å²) < 4.78 is 10.4. The topological polar surface area (TPSA) is 103 Å². The second-order valence-corrected chi connectivity index (χ2v) is 5.66. The highest BCUT2D eigenvalue weighted by Gasteiger charge is 2.18. The molecule has 0 saturated heterocycles. The van der Waals surface area contributed by atoms with E-state index in [0.717, 1.165) is 5.56 Å². The Kier molecular flexibility index (Phi) is 4.48. The van der Waals surface area contributed by atoms with Crippen molar-refractivity contribution >= 4 is 34.6 Å². The lowest BCUT2D eigenvalue weighted by Gasteiger charge is -2.10. The van der Waals surface area contributed by atoms with E-state index in [2.05, 4.69) is 10.6 Å². The molecule has 0 fully saturated rings. The molecular formula is C16H13N3O5S. The Bertz CT molecular complexity index is 884. The molecule has 3 rings (SSSR count). The SMILES string of the molecule is Cc1ccc(NC(=S)NC(=O)c2ccc3c(c2)OCO3)c([N+](=O)[O-])c1. The molecule has 1 amide bonds. The number of hydrogen-bond acceptors (Lipinski definition) is 6. The first-order valence-corrected chi connectivity index (χ1v) is 7.62. The predicted molar refractivity (Wildman–Crippen MR) is 94.1 cm³/mol. The van der Waals surface area contributed by atoms with Gasteiger partial charge in [0, 0.05) is 11.6 Å². The van der Waals surface area contributed by atoms with Crippen LogP contribution < -0.4 is 20.1 Å². The Morgan fingerprint density at radius 1 is 1.20 bits per heavy atom. The molecule has 128 valence electrons. The summed E-state index contributed by atoms with van der Waals surface area (Å²) in [5.41, 5.74) is 1.14. The molecule has 0 aliphatic carbocycles. The Morgan fingerprint density at radius 3 is 2.72 bits per heavy atom. The first-order valence-electron chi connectivity index (χ1n) is 7.21. The van der Waals surface area contributed by atoms with Gasteiger partial charge in [0.25, 0.3) is 11.6 Å². The average Bonchev–Trinajstić information content (AvgIpc) is 3.03. The minimum absolute atomic E-state index is 0.0466. The number of carbonyl (C=O) groups excluding carboxylic acids is 1. The molecule has 0 unspecified atom stereocenters. The number of nitrogens with one attached hydrogen (secondary N) is 2. The molecule has 2 aromatic rings. The van der Waals surface area contributed by atoms with E-state index in [1.807, 2.05) is 0 Å². The molecule has 0 radical (unpaired) electrons. The minimum Gasteiger partial charge on any atom is -0.454 e. The fourth-order valence-corrected chi connectivity index (χ4v) is 2.47. The highest BCUT2D eigenvalue weighted by atomic mass is 32.1. The summed E-state index contributed by atoms with van der Waals surface area (Å²) >= 11 is 5.07. The number of fused-ring (bicyclic) bond motifs is 1. The van der Waals surface area contributed by atoms with Crippen LogP contribution in [-0.4, -0.2) is 22.7 Å². The van der Waals surface area contributed by atoms with E-state index in [-0.39, 0.29) is 23.3 Å². The molecule has 8 nitrogen and oxygen atoms in total. The molecule has 1 aliphatic heterocycles. The fraction of sp³-hybridized carbons (Fsp3) is 0.125. The number of ether oxygens (including phenoxy) is 2. The first-order chi connectivity index (χ1) is 11.9. The van der Waals surface area contributed by atoms with E-state index in [1.165, 1.54) is 18.2 Å². The summed E-state index contributed by atoms with van der Waals surface area (Å²) in [7, 11) is 0. The highest BCUT2D eigenvalue weighted by Crippen LogP contribution is 2.32. The van der Waals surface area contributed by atoms with Gasteiger partial charge < -0.3 is 14.8 Å². The van der Waals surface area contributed by atoms with Gasteiger partial charge in [-0.2, -0.15) is 0 Å². The maximum atomic E-state index is 12.2. The molecular weight excluding hydrogens is 346 g/mol. The summed E-state index contributed by atoms with van der Waals surface area (Å²) in [6.07, 6.45) is 0. The monoisotopic (exact) mass is 359 g/mol. The number of carbonyl (C=O) groups is 1. The molecule has 0 spiro atoms. The lowest BCUT2D eigenvalue weighted by molar-refractivity contribution is -0.383. The molecule has 0 aromatic heterocycles. The van der Waals surface area contributed by atoms with Crippen molar-refractivity contribution in [1.29, 1.82) is 0 Å². The second kappa shape index (κ2) is 6.73. The third-order valence-electron chi connectivity index (χ3n) is 3.46. The van der Waals surface area contributed by atoms with Crippen LogP contribution >= 0.6 is 12.2 Å². The van der Waals surface area contributed by atoms with Crippen LogP contribution in [0.2, 0.25) is 0 Å². The summed E-state index contributed by atoms with van der Waals surface area (Å²) in [4.78, 5) is 22.8. The van der Waals surface area contributed by atoms with Crippen molar-refractivity contribution in [3.8, 4) is 11.5 Å². The number of rotatable bonds is 3. The normalized spacial score (nSPS) is 11.7. The number of nitrogens with zero attached hydrogens (tertiary/aromatic N) is 1. The van der Waals surface area contributed by atoms with Gasteiger partial charge in [0.1, 0.15) is 5.69 Å². The van der Waals surface area contributed by atoms with Gasteiger partial charge >= 0.3 is 0 Å². The molecule has 1 aliphatic rings. The van der Waals surface area contributed by atoms with Crippen molar-refractivity contribution in [3.05, 3.63) is 57.6 Å². The van der Waals surface area contributed by atoms with E-state index in [9.17, 15) is 14.9 Å². The van der Waals surface area contributed by atoms with Crippen LogP contribution in [0.15, 0.2) is 36.4 Å².